The van der Waals surface area contributed by atoms with Crippen LogP contribution in [0.2, 0.25) is 0 Å². The summed E-state index contributed by atoms with van der Waals surface area (Å²) < 4.78 is 51.3. The van der Waals surface area contributed by atoms with Gasteiger partial charge in [0.15, 0.2) is 0 Å². The van der Waals surface area contributed by atoms with E-state index in [9.17, 15) is 27.2 Å². The van der Waals surface area contributed by atoms with Crippen LogP contribution in [0.4, 0.5) is 17.6 Å². The maximum atomic E-state index is 13.9. The first-order chi connectivity index (χ1) is 18.6. The Morgan fingerprint density at radius 3 is 2.51 bits per heavy atom. The van der Waals surface area contributed by atoms with Gasteiger partial charge in [-0.1, -0.05) is 38.1 Å². The molecule has 7 nitrogen and oxygen atoms in total. The molecule has 0 radical (unpaired) electrons. The van der Waals surface area contributed by atoms with E-state index in [4.69, 9.17) is 4.84 Å². The summed E-state index contributed by atoms with van der Waals surface area (Å²) in [6.07, 6.45) is 1.76. The number of benzene rings is 1. The fraction of sp³-hybridized carbons (Fsp3) is 0.393. The average Bonchev–Trinajstić information content (AvgIpc) is 2.93. The van der Waals surface area contributed by atoms with Crippen molar-refractivity contribution in [1.29, 1.82) is 0 Å². The van der Waals surface area contributed by atoms with Crippen molar-refractivity contribution in [3.63, 3.8) is 0 Å². The lowest BCUT2D eigenvalue weighted by Crippen LogP contribution is -2.29. The standard InChI is InChI=1S/C27H31F3N4O3.CH3F/c1-5-8-20(25(35)31-4)21(27(28,29)30)14-18(6-2)19-11-12-34(37-16-19)15-17-9-10-23-24(13-17)33-26(36)22(7-3)32-23;1-2/h6,8-11,13-14H,5,7,12,15-16H2,1-4H3,(H,31,35)(H,33,36);1H3/b18-6+,20-8-,21-14+;. The smallest absolute Gasteiger partial charge is 0.355 e. The molecule has 2 N–H and O–H groups in total. The second kappa shape index (κ2) is 14.5. The highest BCUT2D eigenvalue weighted by Crippen LogP contribution is 2.34. The molecule has 0 spiro atoms. The summed E-state index contributed by atoms with van der Waals surface area (Å²) in [5.41, 5.74) is 1.98. The van der Waals surface area contributed by atoms with Gasteiger partial charge in [-0.3, -0.25) is 18.8 Å². The fourth-order valence-electron chi connectivity index (χ4n) is 4.00. The lowest BCUT2D eigenvalue weighted by Gasteiger charge is -2.27. The first-order valence-corrected chi connectivity index (χ1v) is 12.5. The fourth-order valence-corrected chi connectivity index (χ4v) is 4.00. The Kier molecular flexibility index (Phi) is 11.8. The van der Waals surface area contributed by atoms with Gasteiger partial charge in [0.05, 0.1) is 30.4 Å². The number of aryl methyl sites for hydroxylation is 1. The van der Waals surface area contributed by atoms with Crippen molar-refractivity contribution < 1.29 is 27.2 Å². The summed E-state index contributed by atoms with van der Waals surface area (Å²) in [4.78, 5) is 37.3. The van der Waals surface area contributed by atoms with Crippen LogP contribution in [0.15, 0.2) is 69.6 Å². The van der Waals surface area contributed by atoms with Crippen molar-refractivity contribution in [2.75, 3.05) is 27.4 Å². The summed E-state index contributed by atoms with van der Waals surface area (Å²) in [7, 11) is 1.80. The minimum Gasteiger partial charge on any atom is -0.355 e. The highest BCUT2D eigenvalue weighted by molar-refractivity contribution is 5.98. The molecule has 0 bridgehead atoms. The van der Waals surface area contributed by atoms with Gasteiger partial charge in [-0.15, -0.1) is 0 Å². The molecule has 212 valence electrons. The Balaban J connectivity index is 0.00000260. The molecule has 1 aromatic carbocycles. The molecule has 1 aliphatic heterocycles. The minimum absolute atomic E-state index is 0.0694. The van der Waals surface area contributed by atoms with Crippen molar-refractivity contribution in [1.82, 2.24) is 20.3 Å². The third-order valence-electron chi connectivity index (χ3n) is 5.92. The van der Waals surface area contributed by atoms with Gasteiger partial charge in [-0.2, -0.15) is 18.2 Å². The number of carbonyl (C=O) groups excluding carboxylic acids is 1. The van der Waals surface area contributed by atoms with Crippen LogP contribution in [0, 0.1) is 0 Å². The quantitative estimate of drug-likeness (QED) is 0.266. The number of amides is 1. The highest BCUT2D eigenvalue weighted by atomic mass is 19.4. The zero-order valence-electron chi connectivity index (χ0n) is 22.7. The third-order valence-corrected chi connectivity index (χ3v) is 5.92. The largest absolute Gasteiger partial charge is 0.417 e. The van der Waals surface area contributed by atoms with Crippen molar-refractivity contribution in [3.05, 3.63) is 86.4 Å². The maximum Gasteiger partial charge on any atom is 0.417 e. The Morgan fingerprint density at radius 2 is 1.97 bits per heavy atom. The molecule has 0 aliphatic carbocycles. The molecule has 1 amide bonds. The number of likely N-dealkylation sites (N-methyl/N-ethyl adjacent to an activating group) is 1. The minimum atomic E-state index is -4.71. The number of rotatable bonds is 8. The third kappa shape index (κ3) is 8.21. The molecular formula is C28H34F4N4O3. The van der Waals surface area contributed by atoms with Crippen molar-refractivity contribution in [3.8, 4) is 0 Å². The topological polar surface area (TPSA) is 87.3 Å². The molecule has 1 aliphatic rings. The number of H-pyrrole nitrogens is 1. The van der Waals surface area contributed by atoms with Gasteiger partial charge >= 0.3 is 6.18 Å². The first-order valence-electron chi connectivity index (χ1n) is 12.5. The number of alkyl halides is 4. The number of fused-ring (bicyclic) bond motifs is 1. The molecule has 11 heteroatoms. The number of nitrogens with zero attached hydrogens (tertiary/aromatic N) is 2. The molecular weight excluding hydrogens is 516 g/mol. The molecule has 1 aromatic heterocycles. The first kappa shape index (κ1) is 31.6. The number of allylic oxidation sites excluding steroid dienone is 3. The molecule has 0 fully saturated rings. The number of carbonyl (C=O) groups is 1. The summed E-state index contributed by atoms with van der Waals surface area (Å²) in [5.74, 6) is -0.793. The van der Waals surface area contributed by atoms with E-state index < -0.39 is 23.2 Å². The van der Waals surface area contributed by atoms with Gasteiger partial charge in [0.25, 0.3) is 11.5 Å². The van der Waals surface area contributed by atoms with Crippen LogP contribution in [0.5, 0.6) is 0 Å². The van der Waals surface area contributed by atoms with E-state index in [-0.39, 0.29) is 18.6 Å². The lowest BCUT2D eigenvalue weighted by molar-refractivity contribution is -0.156. The molecule has 3 rings (SSSR count). The lowest BCUT2D eigenvalue weighted by atomic mass is 9.96. The van der Waals surface area contributed by atoms with Crippen molar-refractivity contribution >= 4 is 16.9 Å². The zero-order chi connectivity index (χ0) is 29.2. The van der Waals surface area contributed by atoms with Crippen LogP contribution in [-0.4, -0.2) is 54.5 Å². The summed E-state index contributed by atoms with van der Waals surface area (Å²) >= 11 is 0. The Labute approximate surface area is 224 Å². The van der Waals surface area contributed by atoms with Crippen molar-refractivity contribution in [2.24, 2.45) is 0 Å². The van der Waals surface area contributed by atoms with Crippen LogP contribution >= 0.6 is 0 Å². The van der Waals surface area contributed by atoms with Crippen LogP contribution in [-0.2, 0) is 22.6 Å². The van der Waals surface area contributed by atoms with Gasteiger partial charge in [0, 0.05) is 25.7 Å². The van der Waals surface area contributed by atoms with Gasteiger partial charge in [-0.25, -0.2) is 4.98 Å². The molecule has 0 saturated heterocycles. The predicted octanol–water partition coefficient (Wildman–Crippen LogP) is 5.26. The predicted molar refractivity (Wildman–Crippen MR) is 144 cm³/mol. The molecule has 0 unspecified atom stereocenters. The number of hydrogen-bond donors (Lipinski definition) is 2. The summed E-state index contributed by atoms with van der Waals surface area (Å²) in [6.45, 7) is 6.01. The molecule has 39 heavy (non-hydrogen) atoms. The second-order valence-corrected chi connectivity index (χ2v) is 8.45. The van der Waals surface area contributed by atoms with Gasteiger partial charge in [0.1, 0.15) is 5.69 Å². The Bertz CT molecular complexity index is 1340. The van der Waals surface area contributed by atoms with E-state index in [0.29, 0.717) is 54.6 Å². The monoisotopic (exact) mass is 550 g/mol. The summed E-state index contributed by atoms with van der Waals surface area (Å²) in [6, 6.07) is 5.56. The second-order valence-electron chi connectivity index (χ2n) is 8.45. The summed E-state index contributed by atoms with van der Waals surface area (Å²) in [5, 5.41) is 3.97. The molecule has 0 saturated carbocycles. The Morgan fingerprint density at radius 1 is 1.26 bits per heavy atom. The Hall–Kier alpha value is -3.57. The van der Waals surface area contributed by atoms with Crippen LogP contribution in [0.1, 0.15) is 38.4 Å². The molecule has 0 atom stereocenters. The number of nitrogens with one attached hydrogen (secondary N) is 2. The maximum absolute atomic E-state index is 13.9. The van der Waals surface area contributed by atoms with Crippen LogP contribution < -0.4 is 10.9 Å². The molecule has 2 aromatic rings. The van der Waals surface area contributed by atoms with Gasteiger partial charge in [-0.05, 0) is 54.7 Å². The number of aromatic amines is 1. The highest BCUT2D eigenvalue weighted by Gasteiger charge is 2.38. The number of aromatic nitrogens is 2. The van der Waals surface area contributed by atoms with E-state index in [2.05, 4.69) is 15.3 Å². The van der Waals surface area contributed by atoms with E-state index in [0.717, 1.165) is 11.6 Å². The van der Waals surface area contributed by atoms with E-state index in [1.807, 2.05) is 31.2 Å². The van der Waals surface area contributed by atoms with Gasteiger partial charge in [0.2, 0.25) is 0 Å². The van der Waals surface area contributed by atoms with Gasteiger partial charge < -0.3 is 10.3 Å². The van der Waals surface area contributed by atoms with E-state index in [1.165, 1.54) is 13.1 Å². The normalized spacial score (nSPS) is 15.5. The SMILES string of the molecule is CF.C\C=C(/C=C(\C(=C\CC)C(=O)NC)C(F)(F)F)C1=CCN(Cc2ccc3nc(CC)c(=O)[nH]c3c2)OC1. The average molecular weight is 551 g/mol. The van der Waals surface area contributed by atoms with Crippen LogP contribution in [0.25, 0.3) is 11.0 Å². The van der Waals surface area contributed by atoms with Crippen molar-refractivity contribution in [2.45, 2.75) is 46.3 Å². The van der Waals surface area contributed by atoms with Crippen LogP contribution in [0.3, 0.4) is 0 Å². The number of hydrogen-bond acceptors (Lipinski definition) is 5. The number of halogens is 4. The van der Waals surface area contributed by atoms with E-state index in [1.54, 1.807) is 25.0 Å². The number of hydroxylamine groups is 2. The van der Waals surface area contributed by atoms with E-state index >= 15 is 0 Å². The molecule has 2 heterocycles. The zero-order valence-corrected chi connectivity index (χ0v) is 22.7.